The molecule has 5 unspecified atom stereocenters. The summed E-state index contributed by atoms with van der Waals surface area (Å²) in [6.45, 7) is 27.0. The lowest BCUT2D eigenvalue weighted by Crippen LogP contribution is -2.49. The van der Waals surface area contributed by atoms with E-state index in [0.29, 0.717) is 0 Å². The van der Waals surface area contributed by atoms with Crippen LogP contribution in [0.1, 0.15) is 17.0 Å². The molecular weight excluding hydrogens is 692 g/mol. The predicted molar refractivity (Wildman–Crippen MR) is 211 cm³/mol. The molecule has 2 aliphatic carbocycles. The van der Waals surface area contributed by atoms with Gasteiger partial charge in [0.05, 0.1) is 29.3 Å². The van der Waals surface area contributed by atoms with Crippen LogP contribution in [0, 0.1) is 17.8 Å². The Hall–Kier alpha value is -1.79. The number of halogens is 2. The minimum absolute atomic E-state index is 0.00392. The first-order valence-corrected chi connectivity index (χ1v) is 31.1. The fourth-order valence-corrected chi connectivity index (χ4v) is 10.2. The lowest BCUT2D eigenvalue weighted by atomic mass is 9.61. The number of hydrogen-bond donors (Lipinski definition) is 0. The van der Waals surface area contributed by atoms with E-state index in [9.17, 15) is 0 Å². The highest BCUT2D eigenvalue weighted by Crippen LogP contribution is 2.55. The summed E-state index contributed by atoms with van der Waals surface area (Å²) in [5.41, 5.74) is 2.28. The Morgan fingerprint density at radius 1 is 0.596 bits per heavy atom. The monoisotopic (exact) mass is 744 g/mol. The standard InChI is InChI=1S/C37H54Cl2O4Si4/c1-44(2,3)40-31(22-15-26-13-18-29(38)19-14-26)23-28-24-32(41-45(4,5)6)37-34(43-47(10,11)12)25-33(42-46(7,8)9)35(28)36(37)27-16-20-30(39)21-17-27/h13-25,28,34-37H,1-12H3/b22-15+,31-23+. The number of benzene rings is 2. The average molecular weight is 746 g/mol. The van der Waals surface area contributed by atoms with Gasteiger partial charge in [-0.25, -0.2) is 0 Å². The fraction of sp³-hybridized carbons (Fsp3) is 0.459. The molecule has 0 N–H and O–H groups in total. The number of hydrogen-bond acceptors (Lipinski definition) is 4. The van der Waals surface area contributed by atoms with E-state index in [0.717, 1.165) is 32.9 Å². The molecule has 0 aromatic heterocycles. The van der Waals surface area contributed by atoms with Crippen LogP contribution in [-0.4, -0.2) is 39.4 Å². The Morgan fingerprint density at radius 3 is 1.60 bits per heavy atom. The Morgan fingerprint density at radius 2 is 1.11 bits per heavy atom. The van der Waals surface area contributed by atoms with Crippen LogP contribution in [0.15, 0.2) is 90.1 Å². The van der Waals surface area contributed by atoms with Crippen molar-refractivity contribution in [3.63, 3.8) is 0 Å². The van der Waals surface area contributed by atoms with Crippen molar-refractivity contribution in [2.24, 2.45) is 17.8 Å². The zero-order valence-corrected chi connectivity index (χ0v) is 35.8. The van der Waals surface area contributed by atoms with E-state index in [1.54, 1.807) is 0 Å². The molecule has 0 saturated carbocycles. The summed E-state index contributed by atoms with van der Waals surface area (Å²) < 4.78 is 27.9. The molecule has 5 atom stereocenters. The molecule has 4 nitrogen and oxygen atoms in total. The normalized spacial score (nSPS) is 24.1. The molecular formula is C37H54Cl2O4Si4. The van der Waals surface area contributed by atoms with Crippen LogP contribution in [-0.2, 0) is 17.7 Å². The maximum absolute atomic E-state index is 7.03. The van der Waals surface area contributed by atoms with E-state index >= 15 is 0 Å². The second-order valence-electron chi connectivity index (χ2n) is 16.6. The highest BCUT2D eigenvalue weighted by Gasteiger charge is 2.52. The summed E-state index contributed by atoms with van der Waals surface area (Å²) in [6.07, 6.45) is 11.0. The van der Waals surface area contributed by atoms with Crippen molar-refractivity contribution in [1.29, 1.82) is 0 Å². The molecule has 0 heterocycles. The SMILES string of the molecule is C[Si](C)(C)OC1=CC(O[Si](C)(C)C)C2C(O[Si](C)(C)C)=CC(/C=C(\C=C\c3ccc(Cl)cc3)O[Si](C)(C)C)C1C2c1ccc(Cl)cc1. The van der Waals surface area contributed by atoms with Crippen molar-refractivity contribution in [3.8, 4) is 0 Å². The summed E-state index contributed by atoms with van der Waals surface area (Å²) in [5.74, 6) is 2.92. The molecule has 256 valence electrons. The Labute approximate surface area is 298 Å². The third kappa shape index (κ3) is 11.4. The zero-order chi connectivity index (χ0) is 34.9. The molecule has 0 amide bonds. The van der Waals surface area contributed by atoms with Gasteiger partial charge in [-0.2, -0.15) is 0 Å². The van der Waals surface area contributed by atoms with Crippen molar-refractivity contribution in [3.05, 3.63) is 111 Å². The molecule has 0 spiro atoms. The van der Waals surface area contributed by atoms with Gasteiger partial charge in [0.25, 0.3) is 0 Å². The molecule has 2 aromatic carbocycles. The number of allylic oxidation sites excluding steroid dienone is 4. The predicted octanol–water partition coefficient (Wildman–Crippen LogP) is 12.1. The van der Waals surface area contributed by atoms with E-state index in [1.165, 1.54) is 5.56 Å². The largest absolute Gasteiger partial charge is 0.547 e. The van der Waals surface area contributed by atoms with E-state index in [-0.39, 0.29) is 29.8 Å². The van der Waals surface area contributed by atoms with E-state index in [2.05, 4.69) is 121 Å². The third-order valence-electron chi connectivity index (χ3n) is 7.57. The lowest BCUT2D eigenvalue weighted by Gasteiger charge is -2.51. The summed E-state index contributed by atoms with van der Waals surface area (Å²) in [6, 6.07) is 16.2. The molecule has 0 aliphatic heterocycles. The highest BCUT2D eigenvalue weighted by molar-refractivity contribution is 6.71. The molecule has 2 bridgehead atoms. The smallest absolute Gasteiger partial charge is 0.242 e. The maximum atomic E-state index is 7.03. The van der Waals surface area contributed by atoms with E-state index in [1.807, 2.05) is 36.4 Å². The van der Waals surface area contributed by atoms with Crippen molar-refractivity contribution in [2.45, 2.75) is 90.6 Å². The van der Waals surface area contributed by atoms with Crippen LogP contribution < -0.4 is 0 Å². The summed E-state index contributed by atoms with van der Waals surface area (Å²) in [4.78, 5) is 0. The summed E-state index contributed by atoms with van der Waals surface area (Å²) in [7, 11) is -7.94. The van der Waals surface area contributed by atoms with Crippen LogP contribution >= 0.6 is 23.2 Å². The van der Waals surface area contributed by atoms with Gasteiger partial charge in [-0.1, -0.05) is 53.5 Å². The van der Waals surface area contributed by atoms with Crippen LogP contribution in [0.25, 0.3) is 6.08 Å². The van der Waals surface area contributed by atoms with Gasteiger partial charge in [0.1, 0.15) is 0 Å². The highest BCUT2D eigenvalue weighted by atomic mass is 35.5. The second-order valence-corrected chi connectivity index (χ2v) is 35.3. The quantitative estimate of drug-likeness (QED) is 0.123. The topological polar surface area (TPSA) is 36.9 Å². The second kappa shape index (κ2) is 14.6. The minimum Gasteiger partial charge on any atom is -0.547 e. The first-order chi connectivity index (χ1) is 21.6. The van der Waals surface area contributed by atoms with Gasteiger partial charge in [-0.3, -0.25) is 0 Å². The molecule has 0 radical (unpaired) electrons. The summed E-state index contributed by atoms with van der Waals surface area (Å²) in [5, 5.41) is 1.44. The Kier molecular flexibility index (Phi) is 11.8. The molecule has 0 saturated heterocycles. The van der Waals surface area contributed by atoms with Crippen LogP contribution in [0.2, 0.25) is 88.6 Å². The minimum atomic E-state index is -2.00. The lowest BCUT2D eigenvalue weighted by molar-refractivity contribution is 0.0782. The molecule has 4 rings (SSSR count). The molecule has 47 heavy (non-hydrogen) atoms. The maximum Gasteiger partial charge on any atom is 0.242 e. The number of fused-ring (bicyclic) bond motifs is 2. The van der Waals surface area contributed by atoms with Gasteiger partial charge in [0.2, 0.25) is 25.0 Å². The van der Waals surface area contributed by atoms with Crippen LogP contribution in [0.4, 0.5) is 0 Å². The van der Waals surface area contributed by atoms with Gasteiger partial charge >= 0.3 is 0 Å². The van der Waals surface area contributed by atoms with Crippen molar-refractivity contribution >= 4 is 62.5 Å². The molecule has 0 fully saturated rings. The molecule has 2 aliphatic rings. The van der Waals surface area contributed by atoms with Gasteiger partial charge in [0.15, 0.2) is 8.32 Å². The van der Waals surface area contributed by atoms with Crippen molar-refractivity contribution < 1.29 is 17.7 Å². The van der Waals surface area contributed by atoms with Gasteiger partial charge in [-0.05, 0) is 138 Å². The van der Waals surface area contributed by atoms with E-state index in [4.69, 9.17) is 40.9 Å². The van der Waals surface area contributed by atoms with E-state index < -0.39 is 33.3 Å². The summed E-state index contributed by atoms with van der Waals surface area (Å²) >= 11 is 12.6. The Bertz CT molecular complexity index is 1510. The average Bonchev–Trinajstić information content (AvgIpc) is 2.88. The van der Waals surface area contributed by atoms with Crippen LogP contribution in [0.5, 0.6) is 0 Å². The fourth-order valence-electron chi connectivity index (χ4n) is 6.25. The number of rotatable bonds is 12. The van der Waals surface area contributed by atoms with Gasteiger partial charge < -0.3 is 17.7 Å². The van der Waals surface area contributed by atoms with Crippen molar-refractivity contribution in [2.75, 3.05) is 0 Å². The van der Waals surface area contributed by atoms with Crippen molar-refractivity contribution in [1.82, 2.24) is 0 Å². The first kappa shape index (κ1) is 38.0. The van der Waals surface area contributed by atoms with Crippen LogP contribution in [0.3, 0.4) is 0 Å². The van der Waals surface area contributed by atoms with Gasteiger partial charge in [-0.15, -0.1) is 0 Å². The first-order valence-electron chi connectivity index (χ1n) is 16.7. The molecule has 10 heteroatoms. The zero-order valence-electron chi connectivity index (χ0n) is 30.3. The molecule has 2 aromatic rings. The van der Waals surface area contributed by atoms with Gasteiger partial charge in [0, 0.05) is 27.8 Å². The third-order valence-corrected chi connectivity index (χ3v) is 11.6. The Balaban J connectivity index is 1.98.